The van der Waals surface area contributed by atoms with Crippen molar-refractivity contribution in [2.24, 2.45) is 17.8 Å². The van der Waals surface area contributed by atoms with Crippen LogP contribution in [-0.4, -0.2) is 66.2 Å². The highest BCUT2D eigenvalue weighted by Gasteiger charge is 2.33. The molecule has 0 radical (unpaired) electrons. The van der Waals surface area contributed by atoms with Gasteiger partial charge in [0.05, 0.1) is 6.04 Å². The van der Waals surface area contributed by atoms with E-state index in [1.165, 1.54) is 6.42 Å². The van der Waals surface area contributed by atoms with Crippen LogP contribution in [-0.2, 0) is 9.53 Å². The minimum Gasteiger partial charge on any atom is -0.444 e. The minimum atomic E-state index is -0.480. The summed E-state index contributed by atoms with van der Waals surface area (Å²) >= 11 is 0. The number of ether oxygens (including phenoxy) is 1. The number of rotatable bonds is 4. The van der Waals surface area contributed by atoms with Crippen LogP contribution in [0, 0.1) is 17.8 Å². The molecule has 2 rings (SSSR count). The Labute approximate surface area is 165 Å². The highest BCUT2D eigenvalue weighted by Crippen LogP contribution is 2.24. The smallest absolute Gasteiger partial charge is 0.407 e. The molecule has 2 aliphatic heterocycles. The highest BCUT2D eigenvalue weighted by molar-refractivity contribution is 5.81. The van der Waals surface area contributed by atoms with E-state index in [-0.39, 0.29) is 18.0 Å². The van der Waals surface area contributed by atoms with E-state index in [0.717, 1.165) is 39.0 Å². The van der Waals surface area contributed by atoms with Crippen LogP contribution in [0.15, 0.2) is 0 Å². The van der Waals surface area contributed by atoms with E-state index in [2.05, 4.69) is 29.0 Å². The molecule has 2 heterocycles. The summed E-state index contributed by atoms with van der Waals surface area (Å²) in [5.41, 5.74) is -0.480. The number of alkyl carbamates (subject to hydrolysis) is 1. The first-order valence-electron chi connectivity index (χ1n) is 10.5. The van der Waals surface area contributed by atoms with E-state index in [1.54, 1.807) is 0 Å². The topological polar surface area (TPSA) is 61.9 Å². The van der Waals surface area contributed by atoms with Gasteiger partial charge in [-0.1, -0.05) is 13.8 Å². The largest absolute Gasteiger partial charge is 0.444 e. The van der Waals surface area contributed by atoms with Gasteiger partial charge in [-0.05, 0) is 71.3 Å². The molecule has 0 aromatic rings. The summed E-state index contributed by atoms with van der Waals surface area (Å²) in [7, 11) is 0. The zero-order chi connectivity index (χ0) is 20.2. The molecule has 6 heteroatoms. The summed E-state index contributed by atoms with van der Waals surface area (Å²) in [6.07, 6.45) is 2.98. The van der Waals surface area contributed by atoms with E-state index in [1.807, 2.05) is 27.7 Å². The zero-order valence-corrected chi connectivity index (χ0v) is 18.1. The van der Waals surface area contributed by atoms with Crippen molar-refractivity contribution in [3.63, 3.8) is 0 Å². The first-order chi connectivity index (χ1) is 12.5. The third-order valence-electron chi connectivity index (χ3n) is 5.57. The van der Waals surface area contributed by atoms with Crippen molar-refractivity contribution in [2.45, 2.75) is 72.4 Å². The number of carbonyl (C=O) groups excluding carboxylic acids is 2. The van der Waals surface area contributed by atoms with Gasteiger partial charge in [0, 0.05) is 26.2 Å². The normalized spacial score (nSPS) is 28.5. The Hall–Kier alpha value is -1.30. The maximum absolute atomic E-state index is 13.0. The SMILES string of the molecule is CC1CC(C)CN(C(=O)C(C)N2CCCC(CNC(=O)OC(C)(C)C)C2)C1. The van der Waals surface area contributed by atoms with Crippen LogP contribution in [0.5, 0.6) is 0 Å². The maximum Gasteiger partial charge on any atom is 0.407 e. The molecule has 27 heavy (non-hydrogen) atoms. The van der Waals surface area contributed by atoms with Crippen LogP contribution in [0.3, 0.4) is 0 Å². The Kier molecular flexibility index (Phi) is 7.55. The summed E-state index contributed by atoms with van der Waals surface area (Å²) in [6, 6.07) is -0.0909. The lowest BCUT2D eigenvalue weighted by Gasteiger charge is -2.41. The van der Waals surface area contributed by atoms with Crippen LogP contribution in [0.4, 0.5) is 4.79 Å². The second kappa shape index (κ2) is 9.26. The molecule has 156 valence electrons. The zero-order valence-electron chi connectivity index (χ0n) is 18.1. The van der Waals surface area contributed by atoms with Crippen LogP contribution in [0.1, 0.15) is 60.8 Å². The average molecular weight is 382 g/mol. The molecule has 2 aliphatic rings. The van der Waals surface area contributed by atoms with Crippen LogP contribution < -0.4 is 5.32 Å². The fourth-order valence-corrected chi connectivity index (χ4v) is 4.42. The predicted molar refractivity (Wildman–Crippen MR) is 108 cm³/mol. The highest BCUT2D eigenvalue weighted by atomic mass is 16.6. The van der Waals surface area contributed by atoms with E-state index in [4.69, 9.17) is 4.74 Å². The molecule has 0 saturated carbocycles. The molecule has 2 amide bonds. The average Bonchev–Trinajstić information content (AvgIpc) is 2.56. The molecule has 4 unspecified atom stereocenters. The Morgan fingerprint density at radius 1 is 1.15 bits per heavy atom. The first-order valence-corrected chi connectivity index (χ1v) is 10.5. The Bertz CT molecular complexity index is 507. The second-order valence-corrected chi connectivity index (χ2v) is 9.75. The lowest BCUT2D eigenvalue weighted by Crippen LogP contribution is -2.54. The lowest BCUT2D eigenvalue weighted by atomic mass is 9.91. The molecule has 0 spiro atoms. The second-order valence-electron chi connectivity index (χ2n) is 9.75. The molecule has 1 N–H and O–H groups in total. The monoisotopic (exact) mass is 381 g/mol. The third-order valence-corrected chi connectivity index (χ3v) is 5.57. The number of nitrogens with one attached hydrogen (secondary N) is 1. The summed E-state index contributed by atoms with van der Waals surface area (Å²) < 4.78 is 5.32. The van der Waals surface area contributed by atoms with E-state index in [0.29, 0.717) is 24.3 Å². The van der Waals surface area contributed by atoms with Gasteiger partial charge in [0.2, 0.25) is 5.91 Å². The van der Waals surface area contributed by atoms with E-state index >= 15 is 0 Å². The third kappa shape index (κ3) is 6.98. The Morgan fingerprint density at radius 3 is 2.37 bits per heavy atom. The number of hydrogen-bond donors (Lipinski definition) is 1. The van der Waals surface area contributed by atoms with Gasteiger partial charge in [0.1, 0.15) is 5.60 Å². The standard InChI is InChI=1S/C21H39N3O3/c1-15-10-16(2)13-24(12-15)19(25)17(3)23-9-7-8-18(14-23)11-22-20(26)27-21(4,5)6/h15-18H,7-14H2,1-6H3,(H,22,26). The van der Waals surface area contributed by atoms with Crippen molar-refractivity contribution in [2.75, 3.05) is 32.7 Å². The number of piperidine rings is 2. The number of hydrogen-bond acceptors (Lipinski definition) is 4. The molecule has 2 saturated heterocycles. The van der Waals surface area contributed by atoms with Crippen molar-refractivity contribution in [1.29, 1.82) is 0 Å². The quantitative estimate of drug-likeness (QED) is 0.813. The van der Waals surface area contributed by atoms with Crippen molar-refractivity contribution in [3.8, 4) is 0 Å². The lowest BCUT2D eigenvalue weighted by molar-refractivity contribution is -0.139. The first kappa shape index (κ1) is 22.0. The van der Waals surface area contributed by atoms with Gasteiger partial charge in [0.25, 0.3) is 0 Å². The fraction of sp³-hybridized carbons (Fsp3) is 0.905. The van der Waals surface area contributed by atoms with Crippen molar-refractivity contribution in [1.82, 2.24) is 15.1 Å². The number of likely N-dealkylation sites (tertiary alicyclic amines) is 2. The number of amides is 2. The molecule has 4 atom stereocenters. The fourth-order valence-electron chi connectivity index (χ4n) is 4.42. The molecule has 2 fully saturated rings. The van der Waals surface area contributed by atoms with Gasteiger partial charge in [-0.2, -0.15) is 0 Å². The van der Waals surface area contributed by atoms with Crippen LogP contribution in [0.2, 0.25) is 0 Å². The summed E-state index contributed by atoms with van der Waals surface area (Å²) in [5.74, 6) is 1.78. The van der Waals surface area contributed by atoms with Gasteiger partial charge in [0.15, 0.2) is 0 Å². The molecule has 6 nitrogen and oxygen atoms in total. The van der Waals surface area contributed by atoms with Crippen LogP contribution in [0.25, 0.3) is 0 Å². The molecule has 0 aliphatic carbocycles. The maximum atomic E-state index is 13.0. The molecule has 0 aromatic carbocycles. The molecule has 0 aromatic heterocycles. The molecular weight excluding hydrogens is 342 g/mol. The number of carbonyl (C=O) groups is 2. The predicted octanol–water partition coefficient (Wildman–Crippen LogP) is 3.12. The van der Waals surface area contributed by atoms with Crippen molar-refractivity contribution in [3.05, 3.63) is 0 Å². The van der Waals surface area contributed by atoms with Gasteiger partial charge in [-0.3, -0.25) is 9.69 Å². The van der Waals surface area contributed by atoms with Gasteiger partial charge in [-0.25, -0.2) is 4.79 Å². The van der Waals surface area contributed by atoms with Crippen molar-refractivity contribution >= 4 is 12.0 Å². The summed E-state index contributed by atoms with van der Waals surface area (Å²) in [6.45, 7) is 16.3. The number of nitrogens with zero attached hydrogens (tertiary/aromatic N) is 2. The van der Waals surface area contributed by atoms with E-state index < -0.39 is 5.60 Å². The summed E-state index contributed by atoms with van der Waals surface area (Å²) in [4.78, 5) is 29.2. The Morgan fingerprint density at radius 2 is 1.78 bits per heavy atom. The Balaban J connectivity index is 1.83. The minimum absolute atomic E-state index is 0.0909. The van der Waals surface area contributed by atoms with Crippen LogP contribution >= 0.6 is 0 Å². The van der Waals surface area contributed by atoms with Crippen molar-refractivity contribution < 1.29 is 14.3 Å². The van der Waals surface area contributed by atoms with E-state index in [9.17, 15) is 9.59 Å². The molecule has 0 bridgehead atoms. The van der Waals surface area contributed by atoms with Gasteiger partial charge >= 0.3 is 6.09 Å². The van der Waals surface area contributed by atoms with Gasteiger partial charge < -0.3 is 15.0 Å². The molecular formula is C21H39N3O3. The van der Waals surface area contributed by atoms with Gasteiger partial charge in [-0.15, -0.1) is 0 Å². The summed E-state index contributed by atoms with van der Waals surface area (Å²) in [5, 5.41) is 2.89.